The van der Waals surface area contributed by atoms with E-state index in [-0.39, 0.29) is 0 Å². The number of nitrogens with zero attached hydrogens (tertiary/aromatic N) is 1. The van der Waals surface area contributed by atoms with Crippen LogP contribution in [-0.4, -0.2) is 4.98 Å². The number of nitrogens with two attached hydrogens (primary N) is 1. The zero-order chi connectivity index (χ0) is 13.1. The average molecular weight is 250 g/mol. The number of ether oxygens (including phenoxy) is 1. The van der Waals surface area contributed by atoms with Gasteiger partial charge in [-0.2, -0.15) is 0 Å². The zero-order valence-corrected chi connectivity index (χ0v) is 10.4. The van der Waals surface area contributed by atoms with Crippen LogP contribution in [0.3, 0.4) is 0 Å². The Hall–Kier alpha value is -2.39. The summed E-state index contributed by atoms with van der Waals surface area (Å²) in [6, 6.07) is 17.6. The summed E-state index contributed by atoms with van der Waals surface area (Å²) in [7, 11) is 0. The van der Waals surface area contributed by atoms with E-state index in [9.17, 15) is 0 Å². The van der Waals surface area contributed by atoms with E-state index in [1.165, 1.54) is 0 Å². The summed E-state index contributed by atoms with van der Waals surface area (Å²) in [5.74, 6) is 1.61. The van der Waals surface area contributed by atoms with Gasteiger partial charge in [-0.15, -0.1) is 0 Å². The molecule has 0 aliphatic rings. The summed E-state index contributed by atoms with van der Waals surface area (Å²) in [6.07, 6.45) is 1.76. The molecule has 3 nitrogen and oxygen atoms in total. The molecule has 0 saturated carbocycles. The molecule has 3 rings (SSSR count). The Bertz CT molecular complexity index is 687. The molecule has 1 aromatic heterocycles. The van der Waals surface area contributed by atoms with Crippen molar-refractivity contribution in [1.29, 1.82) is 0 Å². The van der Waals surface area contributed by atoms with Gasteiger partial charge in [0.25, 0.3) is 0 Å². The fourth-order valence-electron chi connectivity index (χ4n) is 1.98. The fourth-order valence-corrected chi connectivity index (χ4v) is 1.98. The van der Waals surface area contributed by atoms with E-state index in [0.29, 0.717) is 6.54 Å². The molecule has 0 radical (unpaired) electrons. The topological polar surface area (TPSA) is 48.1 Å². The molecule has 3 heteroatoms. The van der Waals surface area contributed by atoms with Crippen molar-refractivity contribution in [2.75, 3.05) is 0 Å². The molecule has 94 valence electrons. The first-order chi connectivity index (χ1) is 9.36. The predicted octanol–water partition coefficient (Wildman–Crippen LogP) is 3.49. The highest BCUT2D eigenvalue weighted by molar-refractivity contribution is 5.84. The molecule has 0 unspecified atom stereocenters. The fraction of sp³-hybridized carbons (Fsp3) is 0.0625. The Balaban J connectivity index is 1.96. The molecular weight excluding hydrogens is 236 g/mol. The van der Waals surface area contributed by atoms with Gasteiger partial charge in [-0.1, -0.05) is 24.3 Å². The van der Waals surface area contributed by atoms with Gasteiger partial charge in [0.1, 0.15) is 11.5 Å². The van der Waals surface area contributed by atoms with Crippen molar-refractivity contribution in [3.8, 4) is 11.5 Å². The second-order valence-corrected chi connectivity index (χ2v) is 4.28. The van der Waals surface area contributed by atoms with Crippen LogP contribution >= 0.6 is 0 Å². The Labute approximate surface area is 111 Å². The van der Waals surface area contributed by atoms with Crippen LogP contribution < -0.4 is 10.5 Å². The summed E-state index contributed by atoms with van der Waals surface area (Å²) >= 11 is 0. The number of benzene rings is 2. The van der Waals surface area contributed by atoms with Gasteiger partial charge in [0.05, 0.1) is 5.52 Å². The molecule has 0 bridgehead atoms. The lowest BCUT2D eigenvalue weighted by Gasteiger charge is -2.08. The molecule has 1 heterocycles. The maximum absolute atomic E-state index is 5.91. The van der Waals surface area contributed by atoms with Gasteiger partial charge < -0.3 is 10.5 Å². The quantitative estimate of drug-likeness (QED) is 0.774. The second-order valence-electron chi connectivity index (χ2n) is 4.28. The summed E-state index contributed by atoms with van der Waals surface area (Å²) in [6.45, 7) is 0.540. The first-order valence-electron chi connectivity index (χ1n) is 6.17. The highest BCUT2D eigenvalue weighted by Gasteiger charge is 2.03. The van der Waals surface area contributed by atoms with E-state index in [1.807, 2.05) is 54.6 Å². The zero-order valence-electron chi connectivity index (χ0n) is 10.4. The van der Waals surface area contributed by atoms with Crippen molar-refractivity contribution >= 4 is 10.9 Å². The molecule has 0 aliphatic carbocycles. The third kappa shape index (κ3) is 2.41. The third-order valence-electron chi connectivity index (χ3n) is 3.00. The summed E-state index contributed by atoms with van der Waals surface area (Å²) in [4.78, 5) is 4.31. The smallest absolute Gasteiger partial charge is 0.138 e. The minimum atomic E-state index is 0.540. The number of rotatable bonds is 3. The molecule has 0 saturated heterocycles. The van der Waals surface area contributed by atoms with E-state index in [4.69, 9.17) is 10.5 Å². The number of aromatic nitrogens is 1. The lowest BCUT2D eigenvalue weighted by molar-refractivity contribution is 0.487. The minimum absolute atomic E-state index is 0.540. The van der Waals surface area contributed by atoms with Gasteiger partial charge in [-0.25, -0.2) is 0 Å². The molecule has 0 aliphatic heterocycles. The number of fused-ring (bicyclic) bond motifs is 1. The van der Waals surface area contributed by atoms with E-state index in [1.54, 1.807) is 6.20 Å². The van der Waals surface area contributed by atoms with Crippen LogP contribution in [0.25, 0.3) is 10.9 Å². The molecule has 0 fully saturated rings. The van der Waals surface area contributed by atoms with Crippen LogP contribution in [0.5, 0.6) is 11.5 Å². The van der Waals surface area contributed by atoms with E-state index in [0.717, 1.165) is 28.0 Å². The van der Waals surface area contributed by atoms with Crippen LogP contribution in [-0.2, 0) is 6.54 Å². The second kappa shape index (κ2) is 5.08. The molecule has 2 N–H and O–H groups in total. The van der Waals surface area contributed by atoms with Crippen LogP contribution in [0.15, 0.2) is 60.8 Å². The Morgan fingerprint density at radius 3 is 2.53 bits per heavy atom. The van der Waals surface area contributed by atoms with Gasteiger partial charge in [0.15, 0.2) is 0 Å². The molecule has 19 heavy (non-hydrogen) atoms. The van der Waals surface area contributed by atoms with Crippen molar-refractivity contribution in [2.24, 2.45) is 5.73 Å². The van der Waals surface area contributed by atoms with Crippen LogP contribution in [0.2, 0.25) is 0 Å². The van der Waals surface area contributed by atoms with Gasteiger partial charge in [0.2, 0.25) is 0 Å². The normalized spacial score (nSPS) is 10.6. The Morgan fingerprint density at radius 1 is 0.947 bits per heavy atom. The molecule has 0 spiro atoms. The highest BCUT2D eigenvalue weighted by Crippen LogP contribution is 2.28. The summed E-state index contributed by atoms with van der Waals surface area (Å²) in [5, 5.41) is 1.01. The van der Waals surface area contributed by atoms with Crippen molar-refractivity contribution in [3.63, 3.8) is 0 Å². The Morgan fingerprint density at radius 2 is 1.74 bits per heavy atom. The molecule has 2 aromatic carbocycles. The SMILES string of the molecule is NCc1ccc(Oc2ccnc3ccccc23)cc1. The van der Waals surface area contributed by atoms with Crippen molar-refractivity contribution in [3.05, 3.63) is 66.4 Å². The highest BCUT2D eigenvalue weighted by atomic mass is 16.5. The maximum atomic E-state index is 5.91. The predicted molar refractivity (Wildman–Crippen MR) is 76.2 cm³/mol. The number of para-hydroxylation sites is 1. The van der Waals surface area contributed by atoms with Crippen molar-refractivity contribution in [2.45, 2.75) is 6.54 Å². The lowest BCUT2D eigenvalue weighted by Crippen LogP contribution is -1.95. The number of hydrogen-bond donors (Lipinski definition) is 1. The van der Waals surface area contributed by atoms with Crippen LogP contribution in [0.4, 0.5) is 0 Å². The van der Waals surface area contributed by atoms with E-state index < -0.39 is 0 Å². The van der Waals surface area contributed by atoms with Gasteiger partial charge in [-0.3, -0.25) is 4.98 Å². The van der Waals surface area contributed by atoms with Crippen LogP contribution in [0, 0.1) is 0 Å². The number of pyridine rings is 1. The first kappa shape index (κ1) is 11.7. The van der Waals surface area contributed by atoms with Gasteiger partial charge >= 0.3 is 0 Å². The van der Waals surface area contributed by atoms with Crippen molar-refractivity contribution in [1.82, 2.24) is 4.98 Å². The summed E-state index contributed by atoms with van der Waals surface area (Å²) in [5.41, 5.74) is 7.60. The largest absolute Gasteiger partial charge is 0.457 e. The maximum Gasteiger partial charge on any atom is 0.138 e. The molecule has 0 atom stereocenters. The standard InChI is InChI=1S/C16H14N2O/c17-11-12-5-7-13(8-6-12)19-16-9-10-18-15-4-2-1-3-14(15)16/h1-10H,11,17H2. The van der Waals surface area contributed by atoms with Crippen molar-refractivity contribution < 1.29 is 4.74 Å². The molecule has 3 aromatic rings. The van der Waals surface area contributed by atoms with E-state index in [2.05, 4.69) is 4.98 Å². The van der Waals surface area contributed by atoms with Crippen LogP contribution in [0.1, 0.15) is 5.56 Å². The average Bonchev–Trinajstić information content (AvgIpc) is 2.48. The minimum Gasteiger partial charge on any atom is -0.457 e. The molecular formula is C16H14N2O. The van der Waals surface area contributed by atoms with Gasteiger partial charge in [-0.05, 0) is 35.9 Å². The monoisotopic (exact) mass is 250 g/mol. The lowest BCUT2D eigenvalue weighted by atomic mass is 10.2. The number of hydrogen-bond acceptors (Lipinski definition) is 3. The van der Waals surface area contributed by atoms with E-state index >= 15 is 0 Å². The summed E-state index contributed by atoms with van der Waals surface area (Å²) < 4.78 is 5.91. The molecule has 0 amide bonds. The Kier molecular flexibility index (Phi) is 3.12. The third-order valence-corrected chi connectivity index (χ3v) is 3.00. The van der Waals surface area contributed by atoms with Gasteiger partial charge in [0, 0.05) is 18.1 Å². The first-order valence-corrected chi connectivity index (χ1v) is 6.17.